The zero-order chi connectivity index (χ0) is 20.9. The van der Waals surface area contributed by atoms with Crippen LogP contribution in [0.5, 0.6) is 5.75 Å². The number of carbonyl (C=O) groups is 1. The van der Waals surface area contributed by atoms with E-state index in [0.717, 1.165) is 19.3 Å². The van der Waals surface area contributed by atoms with Crippen LogP contribution >= 0.6 is 0 Å². The molecule has 0 saturated carbocycles. The van der Waals surface area contributed by atoms with Crippen molar-refractivity contribution in [3.05, 3.63) is 59.9 Å². The van der Waals surface area contributed by atoms with Crippen LogP contribution in [0.15, 0.2) is 53.4 Å². The largest absolute Gasteiger partial charge is 0.492 e. The van der Waals surface area contributed by atoms with Crippen LogP contribution in [0.3, 0.4) is 0 Å². The van der Waals surface area contributed by atoms with Crippen LogP contribution in [0.25, 0.3) is 0 Å². The minimum absolute atomic E-state index is 0.140. The average Bonchev–Trinajstić information content (AvgIpc) is 2.75. The van der Waals surface area contributed by atoms with Gasteiger partial charge in [-0.05, 0) is 55.3 Å². The third kappa shape index (κ3) is 5.33. The zero-order valence-corrected chi connectivity index (χ0v) is 17.2. The molecule has 0 atom stereocenters. The smallest absolute Gasteiger partial charge is 0.253 e. The molecule has 156 valence electrons. The van der Waals surface area contributed by atoms with Crippen LogP contribution in [0, 0.1) is 5.82 Å². The molecule has 29 heavy (non-hydrogen) atoms. The van der Waals surface area contributed by atoms with Crippen molar-refractivity contribution < 1.29 is 22.3 Å². The summed E-state index contributed by atoms with van der Waals surface area (Å²) in [6, 6.07) is 11.8. The minimum Gasteiger partial charge on any atom is -0.492 e. The molecule has 0 unspecified atom stereocenters. The molecule has 0 radical (unpaired) electrons. The van der Waals surface area contributed by atoms with E-state index in [9.17, 15) is 17.6 Å². The molecule has 1 amide bonds. The maximum absolute atomic E-state index is 12.9. The molecule has 1 aliphatic rings. The van der Waals surface area contributed by atoms with Crippen molar-refractivity contribution in [2.45, 2.75) is 24.2 Å². The molecule has 1 aliphatic heterocycles. The van der Waals surface area contributed by atoms with Crippen LogP contribution in [0.1, 0.15) is 29.6 Å². The fourth-order valence-corrected chi connectivity index (χ4v) is 4.76. The first-order valence-electron chi connectivity index (χ1n) is 9.62. The van der Waals surface area contributed by atoms with Crippen molar-refractivity contribution in [2.24, 2.45) is 0 Å². The van der Waals surface area contributed by atoms with Crippen molar-refractivity contribution in [3.8, 4) is 5.75 Å². The molecule has 0 N–H and O–H groups in total. The highest BCUT2D eigenvalue weighted by Gasteiger charge is 2.26. The van der Waals surface area contributed by atoms with Gasteiger partial charge in [-0.15, -0.1) is 0 Å². The number of benzene rings is 2. The summed E-state index contributed by atoms with van der Waals surface area (Å²) < 4.78 is 45.6. The van der Waals surface area contributed by atoms with E-state index >= 15 is 0 Å². The molecule has 2 aromatic carbocycles. The van der Waals surface area contributed by atoms with Crippen molar-refractivity contribution in [1.82, 2.24) is 9.21 Å². The van der Waals surface area contributed by atoms with Gasteiger partial charge in [-0.3, -0.25) is 4.79 Å². The standard InChI is InChI=1S/C21H25FN2O4S/c1-23(14-15-28-19-10-8-18(22)9-11-19)21(25)17-6-5-7-20(16-17)29(26,27)24-12-3-2-4-13-24/h5-11,16H,2-4,12-15H2,1H3. The van der Waals surface area contributed by atoms with E-state index in [0.29, 0.717) is 30.9 Å². The van der Waals surface area contributed by atoms with Gasteiger partial charge in [0.15, 0.2) is 0 Å². The molecule has 8 heteroatoms. The third-order valence-corrected chi connectivity index (χ3v) is 6.78. The number of sulfonamides is 1. The van der Waals surface area contributed by atoms with E-state index in [1.54, 1.807) is 19.2 Å². The summed E-state index contributed by atoms with van der Waals surface area (Å²) >= 11 is 0. The van der Waals surface area contributed by atoms with Crippen LogP contribution in [-0.4, -0.2) is 56.8 Å². The molecule has 3 rings (SSSR count). The quantitative estimate of drug-likeness (QED) is 0.690. The van der Waals surface area contributed by atoms with Gasteiger partial charge in [-0.2, -0.15) is 4.31 Å². The Morgan fingerprint density at radius 1 is 1.10 bits per heavy atom. The van der Waals surface area contributed by atoms with Crippen molar-refractivity contribution in [2.75, 3.05) is 33.3 Å². The Labute approximate surface area is 170 Å². The topological polar surface area (TPSA) is 66.9 Å². The van der Waals surface area contributed by atoms with E-state index in [4.69, 9.17) is 4.74 Å². The Kier molecular flexibility index (Phi) is 6.87. The van der Waals surface area contributed by atoms with Gasteiger partial charge in [-0.1, -0.05) is 12.5 Å². The highest BCUT2D eigenvalue weighted by Crippen LogP contribution is 2.21. The Morgan fingerprint density at radius 2 is 1.79 bits per heavy atom. The van der Waals surface area contributed by atoms with E-state index in [1.165, 1.54) is 45.6 Å². The molecule has 0 aliphatic carbocycles. The summed E-state index contributed by atoms with van der Waals surface area (Å²) in [5.41, 5.74) is 0.312. The minimum atomic E-state index is -3.59. The lowest BCUT2D eigenvalue weighted by Gasteiger charge is -2.26. The van der Waals surface area contributed by atoms with E-state index in [1.807, 2.05) is 0 Å². The van der Waals surface area contributed by atoms with Gasteiger partial charge >= 0.3 is 0 Å². The molecular weight excluding hydrogens is 395 g/mol. The first kappa shape index (κ1) is 21.3. The average molecular weight is 421 g/mol. The van der Waals surface area contributed by atoms with Crippen LogP contribution in [0.2, 0.25) is 0 Å². The number of rotatable bonds is 7. The van der Waals surface area contributed by atoms with Gasteiger partial charge in [0.25, 0.3) is 5.91 Å². The van der Waals surface area contributed by atoms with Crippen LogP contribution in [0.4, 0.5) is 4.39 Å². The lowest BCUT2D eigenvalue weighted by Crippen LogP contribution is -2.36. The van der Waals surface area contributed by atoms with Gasteiger partial charge in [0.1, 0.15) is 18.2 Å². The number of amides is 1. The fourth-order valence-electron chi connectivity index (χ4n) is 3.20. The number of nitrogens with zero attached hydrogens (tertiary/aromatic N) is 2. The third-order valence-electron chi connectivity index (χ3n) is 4.89. The van der Waals surface area contributed by atoms with Gasteiger partial charge < -0.3 is 9.64 Å². The molecule has 0 bridgehead atoms. The predicted octanol–water partition coefficient (Wildman–Crippen LogP) is 3.15. The maximum atomic E-state index is 12.9. The second-order valence-electron chi connectivity index (χ2n) is 7.02. The normalized spacial score (nSPS) is 15.1. The second kappa shape index (κ2) is 9.37. The number of piperidine rings is 1. The first-order chi connectivity index (χ1) is 13.9. The van der Waals surface area contributed by atoms with Crippen molar-refractivity contribution in [1.29, 1.82) is 0 Å². The van der Waals surface area contributed by atoms with Crippen molar-refractivity contribution in [3.63, 3.8) is 0 Å². The molecular formula is C21H25FN2O4S. The SMILES string of the molecule is CN(CCOc1ccc(F)cc1)C(=O)c1cccc(S(=O)(=O)N2CCCCC2)c1. The highest BCUT2D eigenvalue weighted by molar-refractivity contribution is 7.89. The number of ether oxygens (including phenoxy) is 1. The summed E-state index contributed by atoms with van der Waals surface area (Å²) in [5, 5.41) is 0. The lowest BCUT2D eigenvalue weighted by atomic mass is 10.2. The molecule has 0 aromatic heterocycles. The Balaban J connectivity index is 1.62. The van der Waals surface area contributed by atoms with Gasteiger partial charge in [-0.25, -0.2) is 12.8 Å². The Morgan fingerprint density at radius 3 is 2.48 bits per heavy atom. The Hall–Kier alpha value is -2.45. The van der Waals surface area contributed by atoms with Crippen LogP contribution < -0.4 is 4.74 Å². The number of carbonyl (C=O) groups excluding carboxylic acids is 1. The summed E-state index contributed by atoms with van der Waals surface area (Å²) in [4.78, 5) is 14.3. The monoisotopic (exact) mass is 420 g/mol. The summed E-state index contributed by atoms with van der Waals surface area (Å²) in [6.07, 6.45) is 2.75. The predicted molar refractivity (Wildman–Crippen MR) is 108 cm³/mol. The highest BCUT2D eigenvalue weighted by atomic mass is 32.2. The van der Waals surface area contributed by atoms with Crippen molar-refractivity contribution >= 4 is 15.9 Å². The van der Waals surface area contributed by atoms with Gasteiger partial charge in [0, 0.05) is 25.7 Å². The maximum Gasteiger partial charge on any atom is 0.253 e. The molecule has 2 aromatic rings. The number of hydrogen-bond donors (Lipinski definition) is 0. The van der Waals surface area contributed by atoms with E-state index in [2.05, 4.69) is 0 Å². The first-order valence-corrected chi connectivity index (χ1v) is 11.1. The summed E-state index contributed by atoms with van der Waals surface area (Å²) in [7, 11) is -1.97. The second-order valence-corrected chi connectivity index (χ2v) is 8.96. The Bertz CT molecular complexity index is 941. The van der Waals surface area contributed by atoms with E-state index < -0.39 is 10.0 Å². The number of likely N-dealkylation sites (N-methyl/N-ethyl adjacent to an activating group) is 1. The molecule has 1 fully saturated rings. The molecule has 6 nitrogen and oxygen atoms in total. The molecule has 1 saturated heterocycles. The van der Waals surface area contributed by atoms with Gasteiger partial charge in [0.2, 0.25) is 10.0 Å². The zero-order valence-electron chi connectivity index (χ0n) is 16.4. The summed E-state index contributed by atoms with van der Waals surface area (Å²) in [6.45, 7) is 1.57. The molecule has 0 spiro atoms. The summed E-state index contributed by atoms with van der Waals surface area (Å²) in [5.74, 6) is -0.116. The van der Waals surface area contributed by atoms with Crippen LogP contribution in [-0.2, 0) is 10.0 Å². The number of hydrogen-bond acceptors (Lipinski definition) is 4. The lowest BCUT2D eigenvalue weighted by molar-refractivity contribution is 0.0773. The molecule has 1 heterocycles. The van der Waals surface area contributed by atoms with E-state index in [-0.39, 0.29) is 23.2 Å². The van der Waals surface area contributed by atoms with Gasteiger partial charge in [0.05, 0.1) is 11.4 Å². The number of halogens is 1. The fraction of sp³-hybridized carbons (Fsp3) is 0.381.